The number of carbonyl (C=O) groups excluding carboxylic acids is 1. The Morgan fingerprint density at radius 1 is 1.36 bits per heavy atom. The number of urea groups is 1. The number of halogens is 3. The van der Waals surface area contributed by atoms with Gasteiger partial charge in [0.1, 0.15) is 12.9 Å². The highest BCUT2D eigenvalue weighted by Gasteiger charge is 2.48. The van der Waals surface area contributed by atoms with Crippen molar-refractivity contribution in [3.8, 4) is 5.75 Å². The van der Waals surface area contributed by atoms with Crippen LogP contribution in [0.3, 0.4) is 0 Å². The van der Waals surface area contributed by atoms with Crippen LogP contribution in [-0.4, -0.2) is 44.3 Å². The van der Waals surface area contributed by atoms with Gasteiger partial charge in [0.05, 0.1) is 15.9 Å². The second-order valence-electron chi connectivity index (χ2n) is 5.17. The first kappa shape index (κ1) is 21.7. The second-order valence-corrected chi connectivity index (χ2v) is 7.70. The monoisotopic (exact) mass is 440 g/mol. The van der Waals surface area contributed by atoms with Crippen LogP contribution in [0.5, 0.6) is 5.75 Å². The summed E-state index contributed by atoms with van der Waals surface area (Å²) in [7, 11) is -4.60. The van der Waals surface area contributed by atoms with Gasteiger partial charge in [-0.05, 0) is 19.9 Å². The SMILES string of the molecule is CCNC(=O)Nc1nc2cc(OS(=O)(=O)C(F)(F)F)cc(/C(C)=N/OC)c2s1. The molecule has 0 spiro atoms. The van der Waals surface area contributed by atoms with Gasteiger partial charge in [-0.2, -0.15) is 21.6 Å². The summed E-state index contributed by atoms with van der Waals surface area (Å²) in [6.07, 6.45) is 0. The number of amides is 2. The Hall–Kier alpha value is -2.61. The van der Waals surface area contributed by atoms with Gasteiger partial charge in [0.25, 0.3) is 0 Å². The highest BCUT2D eigenvalue weighted by atomic mass is 32.2. The van der Waals surface area contributed by atoms with E-state index in [1.165, 1.54) is 14.0 Å². The number of anilines is 1. The first-order chi connectivity index (χ1) is 13.0. The van der Waals surface area contributed by atoms with Gasteiger partial charge in [0, 0.05) is 18.2 Å². The molecule has 154 valence electrons. The van der Waals surface area contributed by atoms with Gasteiger partial charge in [-0.25, -0.2) is 9.78 Å². The molecule has 2 rings (SSSR count). The Morgan fingerprint density at radius 3 is 2.61 bits per heavy atom. The largest absolute Gasteiger partial charge is 0.534 e. The van der Waals surface area contributed by atoms with Crippen LogP contribution in [0.15, 0.2) is 17.3 Å². The van der Waals surface area contributed by atoms with Crippen LogP contribution in [0.1, 0.15) is 19.4 Å². The van der Waals surface area contributed by atoms with Crippen molar-refractivity contribution in [2.45, 2.75) is 19.4 Å². The lowest BCUT2D eigenvalue weighted by Gasteiger charge is -2.10. The highest BCUT2D eigenvalue weighted by molar-refractivity contribution is 7.88. The number of aromatic nitrogens is 1. The first-order valence-corrected chi connectivity index (χ1v) is 9.79. The van der Waals surface area contributed by atoms with Crippen LogP contribution in [0.2, 0.25) is 0 Å². The zero-order valence-electron chi connectivity index (χ0n) is 14.7. The smallest absolute Gasteiger partial charge is 0.399 e. The van der Waals surface area contributed by atoms with Crippen molar-refractivity contribution in [1.29, 1.82) is 0 Å². The number of benzene rings is 1. The molecular weight excluding hydrogens is 425 g/mol. The predicted octanol–water partition coefficient (Wildman–Crippen LogP) is 3.04. The fourth-order valence-electron chi connectivity index (χ4n) is 2.04. The summed E-state index contributed by atoms with van der Waals surface area (Å²) in [6, 6.07) is 1.56. The zero-order valence-corrected chi connectivity index (χ0v) is 16.4. The van der Waals surface area contributed by atoms with E-state index in [1.807, 2.05) is 0 Å². The summed E-state index contributed by atoms with van der Waals surface area (Å²) in [6.45, 7) is 3.58. The third kappa shape index (κ3) is 4.81. The van der Waals surface area contributed by atoms with E-state index in [9.17, 15) is 26.4 Å². The molecule has 2 amide bonds. The number of thiazole rings is 1. The predicted molar refractivity (Wildman–Crippen MR) is 97.1 cm³/mol. The lowest BCUT2D eigenvalue weighted by molar-refractivity contribution is -0.0500. The van der Waals surface area contributed by atoms with Crippen molar-refractivity contribution in [2.24, 2.45) is 5.16 Å². The summed E-state index contributed by atoms with van der Waals surface area (Å²) in [4.78, 5) is 20.4. The maximum atomic E-state index is 12.6. The molecule has 1 aromatic heterocycles. The van der Waals surface area contributed by atoms with Crippen molar-refractivity contribution in [1.82, 2.24) is 10.3 Å². The van der Waals surface area contributed by atoms with Crippen LogP contribution in [0.4, 0.5) is 23.1 Å². The van der Waals surface area contributed by atoms with Crippen LogP contribution in [0.25, 0.3) is 10.2 Å². The molecule has 0 aliphatic rings. The van der Waals surface area contributed by atoms with Gasteiger partial charge in [0.2, 0.25) is 0 Å². The van der Waals surface area contributed by atoms with E-state index in [2.05, 4.69) is 29.8 Å². The third-order valence-electron chi connectivity index (χ3n) is 3.13. The van der Waals surface area contributed by atoms with Gasteiger partial charge in [0.15, 0.2) is 5.13 Å². The van der Waals surface area contributed by atoms with E-state index in [1.54, 1.807) is 6.92 Å². The maximum absolute atomic E-state index is 12.6. The van der Waals surface area contributed by atoms with Crippen LogP contribution < -0.4 is 14.8 Å². The summed E-state index contributed by atoms with van der Waals surface area (Å²) in [5, 5.41) is 8.81. The number of hydrogen-bond acceptors (Lipinski definition) is 8. The standard InChI is InChI=1S/C14H15F3N4O5S2/c1-4-18-12(22)20-13-19-10-6-8(26-28(23,24)14(15,16)17)5-9(11(10)27-13)7(2)21-25-3/h5-6H,4H2,1-3H3,(H2,18,19,20,22)/b21-7+. The van der Waals surface area contributed by atoms with Crippen molar-refractivity contribution < 1.29 is 35.4 Å². The minimum atomic E-state index is -5.87. The van der Waals surface area contributed by atoms with E-state index < -0.39 is 27.4 Å². The quantitative estimate of drug-likeness (QED) is 0.308. The molecule has 0 radical (unpaired) electrons. The number of hydrogen-bond donors (Lipinski definition) is 2. The van der Waals surface area contributed by atoms with Crippen molar-refractivity contribution in [2.75, 3.05) is 19.0 Å². The topological polar surface area (TPSA) is 119 Å². The number of fused-ring (bicyclic) bond motifs is 1. The molecule has 2 N–H and O–H groups in total. The number of alkyl halides is 3. The number of oxime groups is 1. The molecule has 1 aromatic carbocycles. The molecule has 14 heteroatoms. The second kappa shape index (κ2) is 8.18. The third-order valence-corrected chi connectivity index (χ3v) is 5.13. The highest BCUT2D eigenvalue weighted by Crippen LogP contribution is 2.35. The molecule has 0 saturated heterocycles. The molecule has 0 unspecified atom stereocenters. The molecule has 2 aromatic rings. The molecule has 1 heterocycles. The lowest BCUT2D eigenvalue weighted by atomic mass is 10.1. The Kier molecular flexibility index (Phi) is 6.34. The number of nitrogens with one attached hydrogen (secondary N) is 2. The average Bonchev–Trinajstić information content (AvgIpc) is 2.95. The first-order valence-electron chi connectivity index (χ1n) is 7.56. The van der Waals surface area contributed by atoms with Gasteiger partial charge in [-0.1, -0.05) is 16.5 Å². The summed E-state index contributed by atoms with van der Waals surface area (Å²) < 4.78 is 65.0. The Morgan fingerprint density at radius 2 is 2.04 bits per heavy atom. The van der Waals surface area contributed by atoms with E-state index in [4.69, 9.17) is 0 Å². The molecule has 0 fully saturated rings. The van der Waals surface area contributed by atoms with Crippen LogP contribution >= 0.6 is 11.3 Å². The molecular formula is C14H15F3N4O5S2. The average molecular weight is 440 g/mol. The maximum Gasteiger partial charge on any atom is 0.534 e. The molecule has 28 heavy (non-hydrogen) atoms. The van der Waals surface area contributed by atoms with E-state index in [0.29, 0.717) is 11.2 Å². The summed E-state index contributed by atoms with van der Waals surface area (Å²) in [5.74, 6) is -0.611. The fraction of sp³-hybridized carbons (Fsp3) is 0.357. The van der Waals surface area contributed by atoms with Crippen molar-refractivity contribution in [3.05, 3.63) is 17.7 Å². The van der Waals surface area contributed by atoms with Gasteiger partial charge < -0.3 is 14.3 Å². The van der Waals surface area contributed by atoms with E-state index >= 15 is 0 Å². The van der Waals surface area contributed by atoms with Crippen LogP contribution in [-0.2, 0) is 15.0 Å². The molecule has 0 aliphatic carbocycles. The van der Waals surface area contributed by atoms with Crippen molar-refractivity contribution in [3.63, 3.8) is 0 Å². The number of nitrogens with zero attached hydrogens (tertiary/aromatic N) is 2. The van der Waals surface area contributed by atoms with E-state index in [0.717, 1.165) is 23.5 Å². The minimum absolute atomic E-state index is 0.104. The Balaban J connectivity index is 2.56. The van der Waals surface area contributed by atoms with E-state index in [-0.39, 0.29) is 21.9 Å². The molecule has 0 aliphatic heterocycles. The number of rotatable bonds is 6. The molecule has 0 saturated carbocycles. The summed E-state index contributed by atoms with van der Waals surface area (Å²) in [5.41, 5.74) is -5.03. The van der Waals surface area contributed by atoms with Gasteiger partial charge >= 0.3 is 21.7 Å². The normalized spacial score (nSPS) is 12.7. The Labute approximate surface area is 161 Å². The molecule has 0 atom stereocenters. The number of carbonyl (C=O) groups is 1. The Bertz CT molecular complexity index is 1020. The fourth-order valence-corrected chi connectivity index (χ4v) is 3.49. The van der Waals surface area contributed by atoms with Crippen molar-refractivity contribution >= 4 is 48.5 Å². The zero-order chi connectivity index (χ0) is 21.1. The van der Waals surface area contributed by atoms with Crippen LogP contribution in [0, 0.1) is 0 Å². The minimum Gasteiger partial charge on any atom is -0.399 e. The molecule has 0 bridgehead atoms. The van der Waals surface area contributed by atoms with Gasteiger partial charge in [-0.3, -0.25) is 5.32 Å². The molecule has 9 nitrogen and oxygen atoms in total. The lowest BCUT2D eigenvalue weighted by Crippen LogP contribution is -2.28. The van der Waals surface area contributed by atoms with Gasteiger partial charge in [-0.15, -0.1) is 0 Å². The summed E-state index contributed by atoms with van der Waals surface area (Å²) >= 11 is 1.02.